The Balaban J connectivity index is 0.000000791. The Morgan fingerprint density at radius 1 is 1.21 bits per heavy atom. The molecule has 0 saturated heterocycles. The molecule has 1 nitrogen and oxygen atoms in total. The maximum Gasteiger partial charge on any atom is 0.000470 e. The molecule has 0 unspecified atom stereocenters. The van der Waals surface area contributed by atoms with Crippen LogP contribution in [0.5, 0.6) is 0 Å². The van der Waals surface area contributed by atoms with E-state index in [1.165, 1.54) is 38.6 Å². The van der Waals surface area contributed by atoms with Crippen molar-refractivity contribution in [2.75, 3.05) is 13.6 Å². The van der Waals surface area contributed by atoms with Crippen LogP contribution in [0.25, 0.3) is 0 Å². The Morgan fingerprint density at radius 2 is 1.71 bits per heavy atom. The molecule has 0 aliphatic heterocycles. The van der Waals surface area contributed by atoms with Gasteiger partial charge in [-0.05, 0) is 37.6 Å². The molecule has 1 heteroatoms. The molecule has 1 aliphatic rings. The van der Waals surface area contributed by atoms with Crippen LogP contribution in [-0.4, -0.2) is 13.6 Å². The Morgan fingerprint density at radius 3 is 2.07 bits per heavy atom. The third kappa shape index (κ3) is 4.00. The average molecular weight is 199 g/mol. The SMILES string of the molecule is CC.CCC1(CNC)CCC(C)CC1. The molecule has 0 aromatic carbocycles. The predicted octanol–water partition coefficient (Wildman–Crippen LogP) is 3.84. The molecule has 14 heavy (non-hydrogen) atoms. The van der Waals surface area contributed by atoms with E-state index in [1.807, 2.05) is 13.8 Å². The fourth-order valence-corrected chi connectivity index (χ4v) is 2.40. The third-order valence-electron chi connectivity index (χ3n) is 3.64. The summed E-state index contributed by atoms with van der Waals surface area (Å²) in [5.74, 6) is 0.974. The highest BCUT2D eigenvalue weighted by molar-refractivity contribution is 4.84. The Hall–Kier alpha value is -0.0400. The van der Waals surface area contributed by atoms with Crippen LogP contribution in [0.4, 0.5) is 0 Å². The van der Waals surface area contributed by atoms with Crippen LogP contribution >= 0.6 is 0 Å². The van der Waals surface area contributed by atoms with Gasteiger partial charge in [0.05, 0.1) is 0 Å². The van der Waals surface area contributed by atoms with E-state index in [4.69, 9.17) is 0 Å². The summed E-state index contributed by atoms with van der Waals surface area (Å²) >= 11 is 0. The smallest absolute Gasteiger partial charge is 0.000470 e. The van der Waals surface area contributed by atoms with Crippen LogP contribution < -0.4 is 5.32 Å². The van der Waals surface area contributed by atoms with Gasteiger partial charge in [-0.25, -0.2) is 0 Å². The second-order valence-electron chi connectivity index (χ2n) is 4.57. The first-order valence-corrected chi connectivity index (χ1v) is 6.37. The van der Waals surface area contributed by atoms with Gasteiger partial charge in [0.2, 0.25) is 0 Å². The molecule has 0 aromatic rings. The fraction of sp³-hybridized carbons (Fsp3) is 1.00. The molecule has 1 saturated carbocycles. The molecule has 0 bridgehead atoms. The highest BCUT2D eigenvalue weighted by Crippen LogP contribution is 2.40. The lowest BCUT2D eigenvalue weighted by molar-refractivity contribution is 0.148. The zero-order valence-corrected chi connectivity index (χ0v) is 10.8. The molecular weight excluding hydrogens is 170 g/mol. The molecule has 86 valence electrons. The van der Waals surface area contributed by atoms with Crippen molar-refractivity contribution in [3.8, 4) is 0 Å². The van der Waals surface area contributed by atoms with Gasteiger partial charge in [0.15, 0.2) is 0 Å². The molecule has 0 amide bonds. The van der Waals surface area contributed by atoms with E-state index in [0.717, 1.165) is 5.92 Å². The van der Waals surface area contributed by atoms with Gasteiger partial charge in [-0.3, -0.25) is 0 Å². The van der Waals surface area contributed by atoms with Gasteiger partial charge in [-0.1, -0.05) is 40.5 Å². The lowest BCUT2D eigenvalue weighted by Gasteiger charge is -2.38. The van der Waals surface area contributed by atoms with E-state index >= 15 is 0 Å². The van der Waals surface area contributed by atoms with Crippen LogP contribution in [0.3, 0.4) is 0 Å². The van der Waals surface area contributed by atoms with Gasteiger partial charge < -0.3 is 5.32 Å². The van der Waals surface area contributed by atoms with Crippen molar-refractivity contribution in [1.82, 2.24) is 5.32 Å². The van der Waals surface area contributed by atoms with Crippen molar-refractivity contribution in [2.24, 2.45) is 11.3 Å². The van der Waals surface area contributed by atoms with Crippen molar-refractivity contribution in [1.29, 1.82) is 0 Å². The van der Waals surface area contributed by atoms with E-state index in [9.17, 15) is 0 Å². The number of hydrogen-bond acceptors (Lipinski definition) is 1. The van der Waals surface area contributed by atoms with E-state index in [-0.39, 0.29) is 0 Å². The topological polar surface area (TPSA) is 12.0 Å². The number of nitrogens with one attached hydrogen (secondary N) is 1. The number of hydrogen-bond donors (Lipinski definition) is 1. The van der Waals surface area contributed by atoms with Gasteiger partial charge in [0, 0.05) is 6.54 Å². The molecule has 0 atom stereocenters. The van der Waals surface area contributed by atoms with Gasteiger partial charge >= 0.3 is 0 Å². The van der Waals surface area contributed by atoms with Gasteiger partial charge in [0.1, 0.15) is 0 Å². The summed E-state index contributed by atoms with van der Waals surface area (Å²) in [4.78, 5) is 0. The molecule has 1 rings (SSSR count). The van der Waals surface area contributed by atoms with Crippen molar-refractivity contribution in [3.63, 3.8) is 0 Å². The Labute approximate surface area is 90.7 Å². The first-order valence-electron chi connectivity index (χ1n) is 6.37. The second-order valence-corrected chi connectivity index (χ2v) is 4.57. The maximum absolute atomic E-state index is 3.34. The third-order valence-corrected chi connectivity index (χ3v) is 3.64. The van der Waals surface area contributed by atoms with E-state index in [1.54, 1.807) is 0 Å². The van der Waals surface area contributed by atoms with Crippen molar-refractivity contribution in [3.05, 3.63) is 0 Å². The zero-order chi connectivity index (χ0) is 11.0. The van der Waals surface area contributed by atoms with Crippen LogP contribution in [0.2, 0.25) is 0 Å². The molecule has 0 spiro atoms. The minimum atomic E-state index is 0.640. The van der Waals surface area contributed by atoms with Crippen molar-refractivity contribution < 1.29 is 0 Å². The summed E-state index contributed by atoms with van der Waals surface area (Å²) in [6.07, 6.45) is 7.10. The molecule has 0 aromatic heterocycles. The average Bonchev–Trinajstić information content (AvgIpc) is 2.25. The molecule has 1 aliphatic carbocycles. The summed E-state index contributed by atoms with van der Waals surface area (Å²) in [5.41, 5.74) is 0.640. The van der Waals surface area contributed by atoms with E-state index in [0.29, 0.717) is 5.41 Å². The van der Waals surface area contributed by atoms with E-state index < -0.39 is 0 Å². The van der Waals surface area contributed by atoms with Crippen molar-refractivity contribution in [2.45, 2.75) is 59.8 Å². The van der Waals surface area contributed by atoms with Crippen LogP contribution in [0.15, 0.2) is 0 Å². The molecule has 1 N–H and O–H groups in total. The standard InChI is InChI=1S/C11H23N.C2H6/c1-4-11(9-12-3)7-5-10(2)6-8-11;1-2/h10,12H,4-9H2,1-3H3;1-2H3. The summed E-state index contributed by atoms with van der Waals surface area (Å²) in [6.45, 7) is 9.95. The molecular formula is C13H29N. The lowest BCUT2D eigenvalue weighted by Crippen LogP contribution is -2.35. The van der Waals surface area contributed by atoms with Gasteiger partial charge in [-0.2, -0.15) is 0 Å². The van der Waals surface area contributed by atoms with Crippen LogP contribution in [0.1, 0.15) is 59.8 Å². The van der Waals surface area contributed by atoms with Crippen LogP contribution in [-0.2, 0) is 0 Å². The quantitative estimate of drug-likeness (QED) is 0.728. The zero-order valence-electron chi connectivity index (χ0n) is 10.8. The molecule has 1 fully saturated rings. The number of rotatable bonds is 3. The first-order chi connectivity index (χ1) is 6.72. The largest absolute Gasteiger partial charge is 0.319 e. The summed E-state index contributed by atoms with van der Waals surface area (Å²) in [7, 11) is 2.08. The summed E-state index contributed by atoms with van der Waals surface area (Å²) in [6, 6.07) is 0. The Bertz CT molecular complexity index is 123. The van der Waals surface area contributed by atoms with E-state index in [2.05, 4.69) is 26.2 Å². The first kappa shape index (κ1) is 14.0. The van der Waals surface area contributed by atoms with Gasteiger partial charge in [-0.15, -0.1) is 0 Å². The lowest BCUT2D eigenvalue weighted by atomic mass is 9.69. The van der Waals surface area contributed by atoms with Crippen molar-refractivity contribution >= 4 is 0 Å². The minimum Gasteiger partial charge on any atom is -0.319 e. The maximum atomic E-state index is 3.34. The molecule has 0 heterocycles. The predicted molar refractivity (Wildman–Crippen MR) is 65.6 cm³/mol. The summed E-state index contributed by atoms with van der Waals surface area (Å²) < 4.78 is 0. The fourth-order valence-electron chi connectivity index (χ4n) is 2.40. The second kappa shape index (κ2) is 7.28. The normalized spacial score (nSPS) is 31.9. The van der Waals surface area contributed by atoms with Gasteiger partial charge in [0.25, 0.3) is 0 Å². The highest BCUT2D eigenvalue weighted by atomic mass is 14.8. The minimum absolute atomic E-state index is 0.640. The molecule has 0 radical (unpaired) electrons. The van der Waals surface area contributed by atoms with Crippen LogP contribution in [0, 0.1) is 11.3 Å². The Kier molecular flexibility index (Phi) is 7.26. The monoisotopic (exact) mass is 199 g/mol. The summed E-state index contributed by atoms with van der Waals surface area (Å²) in [5, 5.41) is 3.34. The highest BCUT2D eigenvalue weighted by Gasteiger charge is 2.31.